The van der Waals surface area contributed by atoms with Crippen molar-refractivity contribution in [2.75, 3.05) is 30.0 Å². The van der Waals surface area contributed by atoms with Gasteiger partial charge in [-0.1, -0.05) is 25.5 Å². The van der Waals surface area contributed by atoms with Crippen molar-refractivity contribution in [3.8, 4) is 0 Å². The van der Waals surface area contributed by atoms with Crippen LogP contribution in [0.5, 0.6) is 0 Å². The summed E-state index contributed by atoms with van der Waals surface area (Å²) in [7, 11) is -2.96. The largest absolute Gasteiger partial charge is 0.376 e. The molecule has 2 atom stereocenters. The second kappa shape index (κ2) is 9.34. The molecule has 0 aliphatic carbocycles. The zero-order chi connectivity index (χ0) is 19.3. The molecule has 5 nitrogen and oxygen atoms in total. The van der Waals surface area contributed by atoms with Crippen molar-refractivity contribution in [3.63, 3.8) is 0 Å². The van der Waals surface area contributed by atoms with Crippen LogP contribution in [0.15, 0.2) is 24.3 Å². The Hall–Kier alpha value is -1.18. The molecule has 150 valence electrons. The molecule has 0 spiro atoms. The molecule has 27 heavy (non-hydrogen) atoms. The molecule has 0 unspecified atom stereocenters. The van der Waals surface area contributed by atoms with Crippen LogP contribution < -0.4 is 5.32 Å². The predicted molar refractivity (Wildman–Crippen MR) is 114 cm³/mol. The summed E-state index contributed by atoms with van der Waals surface area (Å²) in [6.07, 6.45) is 6.29. The number of ether oxygens (including phenoxy) is 1. The highest BCUT2D eigenvalue weighted by atomic mass is 32.2. The summed E-state index contributed by atoms with van der Waals surface area (Å²) in [5, 5.41) is 3.90. The Labute approximate surface area is 168 Å². The highest BCUT2D eigenvalue weighted by Crippen LogP contribution is 2.23. The molecule has 0 amide bonds. The summed E-state index contributed by atoms with van der Waals surface area (Å²) in [5.74, 6) is 0.423. The minimum Gasteiger partial charge on any atom is -0.376 e. The summed E-state index contributed by atoms with van der Waals surface area (Å²) in [5.41, 5.74) is 2.27. The molecule has 1 aromatic carbocycles. The number of hydrogen-bond acceptors (Lipinski definition) is 4. The second-order valence-corrected chi connectivity index (χ2v) is 10.2. The Morgan fingerprint density at radius 2 is 2.07 bits per heavy atom. The molecule has 7 heteroatoms. The van der Waals surface area contributed by atoms with E-state index in [1.807, 2.05) is 17.0 Å². The first-order chi connectivity index (χ1) is 13.0. The number of unbranched alkanes of at least 4 members (excludes halogenated alkanes) is 1. The van der Waals surface area contributed by atoms with E-state index < -0.39 is 9.84 Å². The average Bonchev–Trinajstić information content (AvgIpc) is 3.28. The molecule has 3 rings (SSSR count). The smallest absolute Gasteiger partial charge is 0.173 e. The molecule has 0 radical (unpaired) electrons. The van der Waals surface area contributed by atoms with Gasteiger partial charge >= 0.3 is 0 Å². The van der Waals surface area contributed by atoms with E-state index >= 15 is 0 Å². The zero-order valence-electron chi connectivity index (χ0n) is 16.0. The van der Waals surface area contributed by atoms with Gasteiger partial charge in [0.2, 0.25) is 0 Å². The molecule has 0 saturated carbocycles. The molecule has 2 saturated heterocycles. The fraction of sp³-hybridized carbons (Fsp3) is 0.650. The Balaban J connectivity index is 1.66. The first kappa shape index (κ1) is 20.6. The molecule has 0 aromatic heterocycles. The number of anilines is 1. The van der Waals surface area contributed by atoms with Gasteiger partial charge in [0, 0.05) is 24.9 Å². The fourth-order valence-corrected chi connectivity index (χ4v) is 5.83. The maximum absolute atomic E-state index is 12.0. The maximum atomic E-state index is 12.0. The summed E-state index contributed by atoms with van der Waals surface area (Å²) in [6.45, 7) is 3.63. The van der Waals surface area contributed by atoms with Crippen molar-refractivity contribution in [2.45, 2.75) is 57.6 Å². The van der Waals surface area contributed by atoms with Crippen molar-refractivity contribution in [1.29, 1.82) is 0 Å². The number of thiocarbonyl (C=S) groups is 1. The number of aryl methyl sites for hydroxylation is 1. The second-order valence-electron chi connectivity index (χ2n) is 7.57. The lowest BCUT2D eigenvalue weighted by Gasteiger charge is -2.33. The van der Waals surface area contributed by atoms with Crippen LogP contribution >= 0.6 is 12.2 Å². The molecule has 2 fully saturated rings. The van der Waals surface area contributed by atoms with E-state index in [9.17, 15) is 8.42 Å². The number of benzene rings is 1. The van der Waals surface area contributed by atoms with E-state index in [-0.39, 0.29) is 23.7 Å². The van der Waals surface area contributed by atoms with Gasteiger partial charge in [0.25, 0.3) is 0 Å². The van der Waals surface area contributed by atoms with Crippen molar-refractivity contribution < 1.29 is 13.2 Å². The van der Waals surface area contributed by atoms with Crippen LogP contribution in [0.25, 0.3) is 0 Å². The number of hydrogen-bond donors (Lipinski definition) is 1. The van der Waals surface area contributed by atoms with Crippen LogP contribution in [0, 0.1) is 0 Å². The first-order valence-corrected chi connectivity index (χ1v) is 12.2. The standard InChI is InChI=1S/C20H30N2O3S2/c1-2-3-5-16-7-9-17(10-8-16)21-20(26)22(14-19-6-4-12-25-19)18-11-13-27(23,24)15-18/h7-10,18-19H,2-6,11-15H2,1H3,(H,21,26)/t18-,19-/m0/s1. The number of sulfone groups is 1. The monoisotopic (exact) mass is 410 g/mol. The van der Waals surface area contributed by atoms with Gasteiger partial charge in [0.1, 0.15) is 0 Å². The van der Waals surface area contributed by atoms with Crippen LogP contribution in [0.4, 0.5) is 5.69 Å². The lowest BCUT2D eigenvalue weighted by molar-refractivity contribution is 0.0851. The Bertz CT molecular complexity index is 728. The van der Waals surface area contributed by atoms with Gasteiger partial charge < -0.3 is 15.0 Å². The highest BCUT2D eigenvalue weighted by molar-refractivity contribution is 7.91. The van der Waals surface area contributed by atoms with Gasteiger partial charge in [-0.15, -0.1) is 0 Å². The van der Waals surface area contributed by atoms with Crippen LogP contribution in [0.3, 0.4) is 0 Å². The van der Waals surface area contributed by atoms with E-state index in [1.54, 1.807) is 0 Å². The van der Waals surface area contributed by atoms with Crippen molar-refractivity contribution in [3.05, 3.63) is 29.8 Å². The average molecular weight is 411 g/mol. The molecule has 2 aliphatic rings. The Morgan fingerprint density at radius 3 is 2.67 bits per heavy atom. The van der Waals surface area contributed by atoms with Gasteiger partial charge in [-0.3, -0.25) is 0 Å². The third kappa shape index (κ3) is 5.90. The minimum absolute atomic E-state index is 0.0666. The molecule has 2 aliphatic heterocycles. The van der Waals surface area contributed by atoms with E-state index in [4.69, 9.17) is 17.0 Å². The molecule has 2 heterocycles. The van der Waals surface area contributed by atoms with Gasteiger partial charge in [-0.2, -0.15) is 0 Å². The van der Waals surface area contributed by atoms with Crippen LogP contribution in [-0.2, 0) is 21.0 Å². The third-order valence-electron chi connectivity index (χ3n) is 5.36. The van der Waals surface area contributed by atoms with Crippen LogP contribution in [0.1, 0.15) is 44.6 Å². The molecular weight excluding hydrogens is 380 g/mol. The van der Waals surface area contributed by atoms with Crippen LogP contribution in [-0.4, -0.2) is 55.2 Å². The Morgan fingerprint density at radius 1 is 1.30 bits per heavy atom. The normalized spacial score (nSPS) is 24.0. The quantitative estimate of drug-likeness (QED) is 0.696. The number of nitrogens with zero attached hydrogens (tertiary/aromatic N) is 1. The van der Waals surface area contributed by atoms with Crippen molar-refractivity contribution in [1.82, 2.24) is 4.90 Å². The number of rotatable bonds is 7. The highest BCUT2D eigenvalue weighted by Gasteiger charge is 2.35. The van der Waals surface area contributed by atoms with Gasteiger partial charge in [0.15, 0.2) is 14.9 Å². The molecule has 0 bridgehead atoms. The van der Waals surface area contributed by atoms with Crippen molar-refractivity contribution in [2.24, 2.45) is 0 Å². The summed E-state index contributed by atoms with van der Waals surface area (Å²) < 4.78 is 29.7. The van der Waals surface area contributed by atoms with E-state index in [0.29, 0.717) is 18.1 Å². The van der Waals surface area contributed by atoms with E-state index in [0.717, 1.165) is 31.6 Å². The lowest BCUT2D eigenvalue weighted by Crippen LogP contribution is -2.47. The lowest BCUT2D eigenvalue weighted by atomic mass is 10.1. The Kier molecular flexibility index (Phi) is 7.11. The summed E-state index contributed by atoms with van der Waals surface area (Å²) >= 11 is 5.67. The zero-order valence-corrected chi connectivity index (χ0v) is 17.7. The topological polar surface area (TPSA) is 58.6 Å². The van der Waals surface area contributed by atoms with Crippen LogP contribution in [0.2, 0.25) is 0 Å². The van der Waals surface area contributed by atoms with Gasteiger partial charge in [-0.05, 0) is 62.0 Å². The first-order valence-electron chi connectivity index (χ1n) is 9.95. The van der Waals surface area contributed by atoms with E-state index in [2.05, 4.69) is 24.4 Å². The SMILES string of the molecule is CCCCc1ccc(NC(=S)N(C[C@@H]2CCCO2)[C@H]2CCS(=O)(=O)C2)cc1. The van der Waals surface area contributed by atoms with E-state index in [1.165, 1.54) is 18.4 Å². The summed E-state index contributed by atoms with van der Waals surface area (Å²) in [4.78, 5) is 2.04. The third-order valence-corrected chi connectivity index (χ3v) is 7.45. The maximum Gasteiger partial charge on any atom is 0.173 e. The molecule has 1 N–H and O–H groups in total. The van der Waals surface area contributed by atoms with Gasteiger partial charge in [0.05, 0.1) is 17.6 Å². The predicted octanol–water partition coefficient (Wildman–Crippen LogP) is 3.39. The van der Waals surface area contributed by atoms with Gasteiger partial charge in [-0.25, -0.2) is 8.42 Å². The number of nitrogens with one attached hydrogen (secondary N) is 1. The van der Waals surface area contributed by atoms with Crippen molar-refractivity contribution >= 4 is 32.9 Å². The minimum atomic E-state index is -2.96. The summed E-state index contributed by atoms with van der Waals surface area (Å²) in [6, 6.07) is 8.29. The molecular formula is C20H30N2O3S2. The molecule has 1 aromatic rings. The fourth-order valence-electron chi connectivity index (χ4n) is 3.76.